The second-order valence-corrected chi connectivity index (χ2v) is 8.19. The summed E-state index contributed by atoms with van der Waals surface area (Å²) < 4.78 is 1.92. The number of aromatic nitrogens is 4. The second kappa shape index (κ2) is 7.46. The van der Waals surface area contributed by atoms with E-state index in [0.29, 0.717) is 18.2 Å². The first-order valence-corrected chi connectivity index (χ1v) is 10.4. The van der Waals surface area contributed by atoms with Crippen LogP contribution in [0.1, 0.15) is 30.4 Å². The number of rotatable bonds is 3. The van der Waals surface area contributed by atoms with Crippen molar-refractivity contribution in [3.8, 4) is 0 Å². The van der Waals surface area contributed by atoms with Crippen molar-refractivity contribution in [2.24, 2.45) is 13.0 Å². The molecule has 0 unspecified atom stereocenters. The molecule has 0 atom stereocenters. The Morgan fingerprint density at radius 2 is 1.86 bits per heavy atom. The second-order valence-electron chi connectivity index (χ2n) is 8.19. The summed E-state index contributed by atoms with van der Waals surface area (Å²) in [6, 6.07) is 8.47. The zero-order valence-electron chi connectivity index (χ0n) is 16.8. The number of amides is 1. The molecule has 7 heteroatoms. The van der Waals surface area contributed by atoms with Gasteiger partial charge in [0.2, 0.25) is 5.91 Å². The average molecular weight is 390 g/mol. The highest BCUT2D eigenvalue weighted by Gasteiger charge is 2.27. The highest BCUT2D eigenvalue weighted by atomic mass is 16.2. The van der Waals surface area contributed by atoms with Crippen molar-refractivity contribution in [3.63, 3.8) is 0 Å². The largest absolute Gasteiger partial charge is 0.355 e. The van der Waals surface area contributed by atoms with E-state index in [9.17, 15) is 4.79 Å². The smallest absolute Gasteiger partial charge is 0.223 e. The number of hydrogen-bond donors (Lipinski definition) is 0. The molecule has 7 nitrogen and oxygen atoms in total. The number of fused-ring (bicyclic) bond motifs is 2. The summed E-state index contributed by atoms with van der Waals surface area (Å²) in [5.41, 5.74) is 4.40. The van der Waals surface area contributed by atoms with Crippen LogP contribution in [0.3, 0.4) is 0 Å². The Labute approximate surface area is 170 Å². The number of anilines is 1. The van der Waals surface area contributed by atoms with E-state index >= 15 is 0 Å². The Morgan fingerprint density at radius 1 is 1.07 bits per heavy atom. The van der Waals surface area contributed by atoms with Crippen LogP contribution in [-0.4, -0.2) is 50.0 Å². The van der Waals surface area contributed by atoms with E-state index in [1.165, 1.54) is 11.1 Å². The van der Waals surface area contributed by atoms with Gasteiger partial charge in [-0.1, -0.05) is 24.3 Å². The molecule has 1 saturated heterocycles. The van der Waals surface area contributed by atoms with E-state index in [1.807, 2.05) is 16.5 Å². The van der Waals surface area contributed by atoms with Gasteiger partial charge in [-0.05, 0) is 36.3 Å². The molecule has 0 spiro atoms. The molecule has 2 aliphatic heterocycles. The molecule has 2 aromatic heterocycles. The van der Waals surface area contributed by atoms with E-state index < -0.39 is 0 Å². The Hall–Kier alpha value is -2.96. The lowest BCUT2D eigenvalue weighted by Crippen LogP contribution is -2.39. The molecule has 150 valence electrons. The lowest BCUT2D eigenvalue weighted by atomic mass is 9.92. The fourth-order valence-electron chi connectivity index (χ4n) is 4.60. The monoisotopic (exact) mass is 390 g/mol. The number of carbonyl (C=O) groups excluding carboxylic acids is 1. The molecule has 0 N–H and O–H groups in total. The maximum Gasteiger partial charge on any atom is 0.223 e. The lowest BCUT2D eigenvalue weighted by molar-refractivity contribution is -0.133. The summed E-state index contributed by atoms with van der Waals surface area (Å²) in [7, 11) is 1.95. The highest BCUT2D eigenvalue weighted by molar-refractivity contribution is 5.83. The topological polar surface area (TPSA) is 67.2 Å². The van der Waals surface area contributed by atoms with Crippen LogP contribution in [0.15, 0.2) is 36.9 Å². The predicted molar refractivity (Wildman–Crippen MR) is 111 cm³/mol. The number of hydrogen-bond acceptors (Lipinski definition) is 5. The molecule has 4 heterocycles. The van der Waals surface area contributed by atoms with E-state index in [4.69, 9.17) is 0 Å². The summed E-state index contributed by atoms with van der Waals surface area (Å²) in [6.07, 6.45) is 7.03. The van der Waals surface area contributed by atoms with Gasteiger partial charge in [0.1, 0.15) is 6.33 Å². The summed E-state index contributed by atoms with van der Waals surface area (Å²) in [6.45, 7) is 3.41. The zero-order chi connectivity index (χ0) is 19.8. The number of nitrogens with zero attached hydrogens (tertiary/aromatic N) is 6. The van der Waals surface area contributed by atoms with Crippen LogP contribution in [0.2, 0.25) is 0 Å². The van der Waals surface area contributed by atoms with Crippen molar-refractivity contribution >= 4 is 22.9 Å². The number of carbonyl (C=O) groups is 1. The van der Waals surface area contributed by atoms with Crippen molar-refractivity contribution in [3.05, 3.63) is 48.0 Å². The Kier molecular flexibility index (Phi) is 4.66. The summed E-state index contributed by atoms with van der Waals surface area (Å²) >= 11 is 0. The third kappa shape index (κ3) is 3.45. The van der Waals surface area contributed by atoms with Gasteiger partial charge in [-0.3, -0.25) is 4.79 Å². The van der Waals surface area contributed by atoms with Gasteiger partial charge < -0.3 is 14.4 Å². The molecule has 1 aromatic carbocycles. The standard InChI is InChI=1S/C22H26N6O/c1-26-15-25-20-21(26)23-14-24-22(20)27-9-6-16(7-10-27)12-19(29)28-11-8-17-4-2-3-5-18(17)13-28/h2-5,14-16H,6-13H2,1H3. The normalized spacial score (nSPS) is 17.6. The zero-order valence-corrected chi connectivity index (χ0v) is 16.8. The SMILES string of the molecule is Cn1cnc2c(N3CCC(CC(=O)N4CCc5ccccc5C4)CC3)ncnc21. The van der Waals surface area contributed by atoms with Gasteiger partial charge in [0.05, 0.1) is 6.33 Å². The maximum absolute atomic E-state index is 12.9. The van der Waals surface area contributed by atoms with Crippen LogP contribution in [0.5, 0.6) is 0 Å². The lowest BCUT2D eigenvalue weighted by Gasteiger charge is -2.34. The first-order chi connectivity index (χ1) is 14.2. The van der Waals surface area contributed by atoms with Crippen LogP contribution in [0.25, 0.3) is 11.2 Å². The molecule has 3 aromatic rings. The molecule has 0 aliphatic carbocycles. The Bertz CT molecular complexity index is 1040. The molecule has 29 heavy (non-hydrogen) atoms. The molecule has 0 radical (unpaired) electrons. The van der Waals surface area contributed by atoms with Crippen LogP contribution in [-0.2, 0) is 24.8 Å². The minimum Gasteiger partial charge on any atom is -0.355 e. The van der Waals surface area contributed by atoms with Crippen molar-refractivity contribution in [1.82, 2.24) is 24.4 Å². The van der Waals surface area contributed by atoms with Crippen LogP contribution in [0, 0.1) is 5.92 Å². The Balaban J connectivity index is 1.20. The number of imidazole rings is 1. The number of aryl methyl sites for hydroxylation is 1. The minimum atomic E-state index is 0.298. The molecular weight excluding hydrogens is 364 g/mol. The number of piperidine rings is 1. The molecule has 0 bridgehead atoms. The average Bonchev–Trinajstić information content (AvgIpc) is 3.15. The van der Waals surface area contributed by atoms with Crippen molar-refractivity contribution in [2.75, 3.05) is 24.5 Å². The van der Waals surface area contributed by atoms with Crippen molar-refractivity contribution in [1.29, 1.82) is 0 Å². The van der Waals surface area contributed by atoms with Crippen LogP contribution < -0.4 is 4.90 Å². The van der Waals surface area contributed by atoms with E-state index in [2.05, 4.69) is 44.1 Å². The third-order valence-electron chi connectivity index (χ3n) is 6.34. The van der Waals surface area contributed by atoms with E-state index in [1.54, 1.807) is 12.7 Å². The molecule has 1 fully saturated rings. The fourth-order valence-corrected chi connectivity index (χ4v) is 4.60. The molecule has 5 rings (SSSR count). The van der Waals surface area contributed by atoms with Crippen LogP contribution in [0.4, 0.5) is 5.82 Å². The minimum absolute atomic E-state index is 0.298. The van der Waals surface area contributed by atoms with Crippen molar-refractivity contribution < 1.29 is 4.79 Å². The summed E-state index contributed by atoms with van der Waals surface area (Å²) in [5.74, 6) is 1.65. The van der Waals surface area contributed by atoms with Crippen LogP contribution >= 0.6 is 0 Å². The van der Waals surface area contributed by atoms with E-state index in [-0.39, 0.29) is 0 Å². The Morgan fingerprint density at radius 3 is 2.69 bits per heavy atom. The fraction of sp³-hybridized carbons (Fsp3) is 0.455. The first kappa shape index (κ1) is 18.1. The van der Waals surface area contributed by atoms with Gasteiger partial charge in [0.25, 0.3) is 0 Å². The van der Waals surface area contributed by atoms with Gasteiger partial charge in [-0.2, -0.15) is 0 Å². The highest BCUT2D eigenvalue weighted by Crippen LogP contribution is 2.28. The quantitative estimate of drug-likeness (QED) is 0.688. The molecule has 1 amide bonds. The maximum atomic E-state index is 12.9. The van der Waals surface area contributed by atoms with Gasteiger partial charge in [0, 0.05) is 39.6 Å². The molecule has 0 saturated carbocycles. The van der Waals surface area contributed by atoms with Gasteiger partial charge in [-0.15, -0.1) is 0 Å². The van der Waals surface area contributed by atoms with Gasteiger partial charge in [0.15, 0.2) is 17.0 Å². The predicted octanol–water partition coefficient (Wildman–Crippen LogP) is 2.55. The first-order valence-electron chi connectivity index (χ1n) is 10.4. The van der Waals surface area contributed by atoms with Gasteiger partial charge >= 0.3 is 0 Å². The van der Waals surface area contributed by atoms with Gasteiger partial charge in [-0.25, -0.2) is 15.0 Å². The molecule has 2 aliphatic rings. The van der Waals surface area contributed by atoms with Crippen molar-refractivity contribution in [2.45, 2.75) is 32.2 Å². The van der Waals surface area contributed by atoms with E-state index in [0.717, 1.165) is 62.4 Å². The summed E-state index contributed by atoms with van der Waals surface area (Å²) in [5, 5.41) is 0. The summed E-state index contributed by atoms with van der Waals surface area (Å²) in [4.78, 5) is 30.5. The number of benzene rings is 1. The molecular formula is C22H26N6O. The third-order valence-corrected chi connectivity index (χ3v) is 6.34.